The molecule has 1 aromatic rings. The molecule has 0 saturated carbocycles. The maximum atomic E-state index is 12.0. The predicted molar refractivity (Wildman–Crippen MR) is 69.9 cm³/mol. The van der Waals surface area contributed by atoms with Gasteiger partial charge in [-0.05, 0) is 18.2 Å². The van der Waals surface area contributed by atoms with Gasteiger partial charge in [0.2, 0.25) is 5.91 Å². The minimum absolute atomic E-state index is 0.109. The molecule has 0 bridgehead atoms. The number of nitrogens with one attached hydrogen (secondary N) is 1. The van der Waals surface area contributed by atoms with Crippen LogP contribution in [0.25, 0.3) is 0 Å². The number of hydrogen-bond donors (Lipinski definition) is 1. The average Bonchev–Trinajstić information content (AvgIpc) is 2.61. The molecular weight excluding hydrogens is 357 g/mol. The van der Waals surface area contributed by atoms with E-state index in [1.165, 1.54) is 12.1 Å². The van der Waals surface area contributed by atoms with Crippen LogP contribution in [0, 0.1) is 0 Å². The van der Waals surface area contributed by atoms with Gasteiger partial charge in [-0.1, -0.05) is 15.9 Å². The van der Waals surface area contributed by atoms with Gasteiger partial charge in [0.1, 0.15) is 13.1 Å². The van der Waals surface area contributed by atoms with Gasteiger partial charge in [0.15, 0.2) is 0 Å². The molecule has 0 spiro atoms. The highest BCUT2D eigenvalue weighted by atomic mass is 79.9. The molecule has 0 fully saturated rings. The lowest BCUT2D eigenvalue weighted by molar-refractivity contribution is -0.137. The van der Waals surface area contributed by atoms with Gasteiger partial charge in [-0.15, -0.1) is 0 Å². The molecule has 2 rings (SSSR count). The van der Waals surface area contributed by atoms with Crippen molar-refractivity contribution in [2.75, 3.05) is 18.0 Å². The summed E-state index contributed by atoms with van der Waals surface area (Å²) in [5.41, 5.74) is 0.313. The molecule has 0 aromatic heterocycles. The number of alkyl halides is 3. The molecule has 0 aliphatic carbocycles. The highest BCUT2D eigenvalue weighted by Gasteiger charge is 2.37. The quantitative estimate of drug-likeness (QED) is 0.829. The number of amides is 2. The number of hydrogen-bond acceptors (Lipinski definition) is 3. The summed E-state index contributed by atoms with van der Waals surface area (Å²) in [6.45, 7) is -2.13. The summed E-state index contributed by atoms with van der Waals surface area (Å²) in [4.78, 5) is 35.8. The van der Waals surface area contributed by atoms with Crippen molar-refractivity contribution in [2.45, 2.75) is 6.18 Å². The summed E-state index contributed by atoms with van der Waals surface area (Å²) >= 11 is 3.14. The van der Waals surface area contributed by atoms with Crippen LogP contribution in [0.5, 0.6) is 0 Å². The highest BCUT2D eigenvalue weighted by Crippen LogP contribution is 2.31. The summed E-state index contributed by atoms with van der Waals surface area (Å²) in [5, 5.41) is 1.65. The van der Waals surface area contributed by atoms with Crippen LogP contribution in [0.15, 0.2) is 22.7 Å². The van der Waals surface area contributed by atoms with E-state index < -0.39 is 36.9 Å². The lowest BCUT2D eigenvalue weighted by Crippen LogP contribution is -2.43. The molecule has 21 heavy (non-hydrogen) atoms. The number of fused-ring (bicyclic) bond motifs is 1. The molecule has 1 N–H and O–H groups in total. The van der Waals surface area contributed by atoms with Gasteiger partial charge in [0.05, 0.1) is 11.3 Å². The minimum atomic E-state index is -4.54. The van der Waals surface area contributed by atoms with Gasteiger partial charge in [-0.3, -0.25) is 19.3 Å². The molecule has 0 unspecified atom stereocenters. The standard InChI is InChI=1S/C12H8BrF3N2O3/c13-6-1-2-8-7(3-6)10(20)11(21)18(8)4-9(19)17-5-12(14,15)16/h1-3H,4-5H2,(H,17,19). The monoisotopic (exact) mass is 364 g/mol. The number of ketones is 1. The van der Waals surface area contributed by atoms with Crippen LogP contribution in [0.3, 0.4) is 0 Å². The molecule has 0 atom stereocenters. The van der Waals surface area contributed by atoms with Crippen LogP contribution >= 0.6 is 15.9 Å². The van der Waals surface area contributed by atoms with Crippen molar-refractivity contribution in [1.82, 2.24) is 5.32 Å². The van der Waals surface area contributed by atoms with Crippen LogP contribution in [0.4, 0.5) is 18.9 Å². The molecule has 1 aliphatic rings. The Morgan fingerprint density at radius 3 is 2.57 bits per heavy atom. The molecule has 1 aliphatic heterocycles. The fourth-order valence-electron chi connectivity index (χ4n) is 1.83. The highest BCUT2D eigenvalue weighted by molar-refractivity contribution is 9.10. The summed E-state index contributed by atoms with van der Waals surface area (Å²) in [6, 6.07) is 4.42. The first-order valence-corrected chi connectivity index (χ1v) is 6.47. The van der Waals surface area contributed by atoms with E-state index in [1.807, 2.05) is 0 Å². The number of carbonyl (C=O) groups is 3. The Bertz CT molecular complexity index is 631. The van der Waals surface area contributed by atoms with E-state index in [0.717, 1.165) is 4.90 Å². The topological polar surface area (TPSA) is 66.5 Å². The third kappa shape index (κ3) is 3.41. The summed E-state index contributed by atoms with van der Waals surface area (Å²) in [7, 11) is 0. The lowest BCUT2D eigenvalue weighted by atomic mass is 10.1. The maximum absolute atomic E-state index is 12.0. The normalized spacial score (nSPS) is 14.4. The van der Waals surface area contributed by atoms with Gasteiger partial charge in [-0.2, -0.15) is 13.2 Å². The fraction of sp³-hybridized carbons (Fsp3) is 0.250. The van der Waals surface area contributed by atoms with Crippen LogP contribution in [0.2, 0.25) is 0 Å². The van der Waals surface area contributed by atoms with E-state index in [4.69, 9.17) is 0 Å². The summed E-state index contributed by atoms with van der Waals surface area (Å²) in [6.07, 6.45) is -4.54. The zero-order valence-corrected chi connectivity index (χ0v) is 11.9. The second-order valence-corrected chi connectivity index (χ2v) is 5.19. The smallest absolute Gasteiger partial charge is 0.345 e. The number of anilines is 1. The summed E-state index contributed by atoms with van der Waals surface area (Å²) < 4.78 is 36.6. The molecule has 0 radical (unpaired) electrons. The van der Waals surface area contributed by atoms with Gasteiger partial charge in [0.25, 0.3) is 11.7 Å². The fourth-order valence-corrected chi connectivity index (χ4v) is 2.19. The Morgan fingerprint density at radius 2 is 1.95 bits per heavy atom. The molecule has 9 heteroatoms. The molecule has 112 valence electrons. The van der Waals surface area contributed by atoms with Crippen LogP contribution in [-0.2, 0) is 9.59 Å². The average molecular weight is 365 g/mol. The van der Waals surface area contributed by atoms with Gasteiger partial charge < -0.3 is 5.32 Å². The van der Waals surface area contributed by atoms with E-state index in [0.29, 0.717) is 4.47 Å². The van der Waals surface area contributed by atoms with E-state index >= 15 is 0 Å². The van der Waals surface area contributed by atoms with E-state index in [-0.39, 0.29) is 11.3 Å². The van der Waals surface area contributed by atoms with Crippen LogP contribution in [-0.4, -0.2) is 36.9 Å². The van der Waals surface area contributed by atoms with Gasteiger partial charge >= 0.3 is 6.18 Å². The Kier molecular flexibility index (Phi) is 4.04. The van der Waals surface area contributed by atoms with Crippen molar-refractivity contribution in [3.8, 4) is 0 Å². The number of Topliss-reactive ketones (excluding diaryl/α,β-unsaturated/α-hetero) is 1. The Morgan fingerprint density at radius 1 is 1.29 bits per heavy atom. The van der Waals surface area contributed by atoms with Crippen LogP contribution < -0.4 is 10.2 Å². The van der Waals surface area contributed by atoms with Crippen molar-refractivity contribution >= 4 is 39.2 Å². The van der Waals surface area contributed by atoms with E-state index in [9.17, 15) is 27.6 Å². The number of rotatable bonds is 3. The van der Waals surface area contributed by atoms with Crippen molar-refractivity contribution in [3.05, 3.63) is 28.2 Å². The number of carbonyl (C=O) groups excluding carboxylic acids is 3. The second-order valence-electron chi connectivity index (χ2n) is 4.27. The zero-order chi connectivity index (χ0) is 15.8. The predicted octanol–water partition coefficient (Wildman–Crippen LogP) is 1.66. The van der Waals surface area contributed by atoms with E-state index in [1.54, 1.807) is 11.4 Å². The minimum Gasteiger partial charge on any atom is -0.345 e. The number of nitrogens with zero attached hydrogens (tertiary/aromatic N) is 1. The third-order valence-electron chi connectivity index (χ3n) is 2.72. The van der Waals surface area contributed by atoms with Crippen molar-refractivity contribution in [1.29, 1.82) is 0 Å². The molecule has 1 heterocycles. The first kappa shape index (κ1) is 15.5. The number of benzene rings is 1. The third-order valence-corrected chi connectivity index (χ3v) is 3.21. The second kappa shape index (κ2) is 5.47. The van der Waals surface area contributed by atoms with Crippen LogP contribution in [0.1, 0.15) is 10.4 Å². The van der Waals surface area contributed by atoms with Gasteiger partial charge in [-0.25, -0.2) is 0 Å². The zero-order valence-electron chi connectivity index (χ0n) is 10.3. The van der Waals surface area contributed by atoms with Crippen molar-refractivity contribution in [3.63, 3.8) is 0 Å². The Hall–Kier alpha value is -1.90. The molecule has 5 nitrogen and oxygen atoms in total. The van der Waals surface area contributed by atoms with Crippen molar-refractivity contribution < 1.29 is 27.6 Å². The SMILES string of the molecule is O=C(CN1C(=O)C(=O)c2cc(Br)ccc21)NCC(F)(F)F. The largest absolute Gasteiger partial charge is 0.405 e. The molecule has 1 aromatic carbocycles. The first-order valence-electron chi connectivity index (χ1n) is 5.68. The summed E-state index contributed by atoms with van der Waals surface area (Å²) in [5.74, 6) is -2.73. The molecular formula is C12H8BrF3N2O3. The van der Waals surface area contributed by atoms with Gasteiger partial charge in [0, 0.05) is 4.47 Å². The number of halogens is 4. The first-order chi connectivity index (χ1) is 9.69. The van der Waals surface area contributed by atoms with Crippen molar-refractivity contribution in [2.24, 2.45) is 0 Å². The maximum Gasteiger partial charge on any atom is 0.405 e. The molecule has 2 amide bonds. The van der Waals surface area contributed by atoms with E-state index in [2.05, 4.69) is 15.9 Å². The molecule has 0 saturated heterocycles. The lowest BCUT2D eigenvalue weighted by Gasteiger charge is -2.16. The Balaban J connectivity index is 2.13. The Labute approximate surface area is 125 Å².